The Hall–Kier alpha value is -2.22. The van der Waals surface area contributed by atoms with Crippen molar-refractivity contribution in [3.63, 3.8) is 0 Å². The summed E-state index contributed by atoms with van der Waals surface area (Å²) in [6.45, 7) is 3.89. The smallest absolute Gasteiger partial charge is 0.284 e. The second kappa shape index (κ2) is 6.04. The van der Waals surface area contributed by atoms with Crippen LogP contribution in [0, 0.1) is 10.1 Å². The zero-order chi connectivity index (χ0) is 15.6. The average molecular weight is 354 g/mol. The zero-order valence-electron chi connectivity index (χ0n) is 11.3. The maximum atomic E-state index is 12.1. The number of nitro groups is 1. The Labute approximate surface area is 128 Å². The average Bonchev–Trinajstić information content (AvgIpc) is 2.87. The summed E-state index contributed by atoms with van der Waals surface area (Å²) in [4.78, 5) is 22.4. The quantitative estimate of drug-likeness (QED) is 0.666. The number of benzene rings is 1. The zero-order valence-corrected chi connectivity index (χ0v) is 12.9. The Balaban J connectivity index is 2.24. The number of aromatic nitrogens is 1. The number of nitrogens with zero attached hydrogens (tertiary/aromatic N) is 2. The SMILES string of the molecule is CC(C)c1cc(NC(=O)c2cccc([N+](=O)[O-])c2Br)on1. The van der Waals surface area contributed by atoms with Gasteiger partial charge in [0.25, 0.3) is 11.6 Å². The first kappa shape index (κ1) is 15.2. The van der Waals surface area contributed by atoms with E-state index in [4.69, 9.17) is 4.52 Å². The van der Waals surface area contributed by atoms with Crippen LogP contribution in [-0.2, 0) is 0 Å². The van der Waals surface area contributed by atoms with Crippen molar-refractivity contribution < 1.29 is 14.2 Å². The molecule has 0 aliphatic rings. The molecule has 0 spiro atoms. The van der Waals surface area contributed by atoms with Crippen molar-refractivity contribution >= 4 is 33.4 Å². The molecule has 1 aromatic carbocycles. The first-order valence-corrected chi connectivity index (χ1v) is 6.90. The van der Waals surface area contributed by atoms with Crippen molar-refractivity contribution in [1.29, 1.82) is 0 Å². The van der Waals surface area contributed by atoms with Crippen LogP contribution in [0.25, 0.3) is 0 Å². The van der Waals surface area contributed by atoms with Gasteiger partial charge in [0.2, 0.25) is 5.88 Å². The number of hydrogen-bond donors (Lipinski definition) is 1. The fourth-order valence-corrected chi connectivity index (χ4v) is 2.22. The highest BCUT2D eigenvalue weighted by Gasteiger charge is 2.20. The lowest BCUT2D eigenvalue weighted by Crippen LogP contribution is -2.12. The number of nitrogens with one attached hydrogen (secondary N) is 1. The predicted molar refractivity (Wildman–Crippen MR) is 79.3 cm³/mol. The summed E-state index contributed by atoms with van der Waals surface area (Å²) < 4.78 is 5.13. The molecule has 7 nitrogen and oxygen atoms in total. The largest absolute Gasteiger partial charge is 0.338 e. The monoisotopic (exact) mass is 353 g/mol. The van der Waals surface area contributed by atoms with Gasteiger partial charge in [-0.2, -0.15) is 0 Å². The Morgan fingerprint density at radius 3 is 2.76 bits per heavy atom. The van der Waals surface area contributed by atoms with E-state index in [1.807, 2.05) is 13.8 Å². The van der Waals surface area contributed by atoms with Gasteiger partial charge in [-0.25, -0.2) is 0 Å². The molecule has 0 bridgehead atoms. The predicted octanol–water partition coefficient (Wildman–Crippen LogP) is 3.72. The highest BCUT2D eigenvalue weighted by Crippen LogP contribution is 2.29. The standard InChI is InChI=1S/C13H12BrN3O4/c1-7(2)9-6-11(21-16-9)15-13(18)8-4-3-5-10(12(8)14)17(19)20/h3-7H,1-2H3,(H,15,18). The van der Waals surface area contributed by atoms with Gasteiger partial charge >= 0.3 is 0 Å². The van der Waals surface area contributed by atoms with Crippen LogP contribution in [0.5, 0.6) is 0 Å². The fraction of sp³-hybridized carbons (Fsp3) is 0.231. The number of halogens is 1. The summed E-state index contributed by atoms with van der Waals surface area (Å²) in [6.07, 6.45) is 0. The van der Waals surface area contributed by atoms with Crippen LogP contribution in [0.1, 0.15) is 35.8 Å². The molecule has 0 saturated carbocycles. The lowest BCUT2D eigenvalue weighted by Gasteiger charge is -2.04. The van der Waals surface area contributed by atoms with Crippen LogP contribution in [0.15, 0.2) is 33.3 Å². The summed E-state index contributed by atoms with van der Waals surface area (Å²) in [5.74, 6) is -0.150. The molecule has 0 fully saturated rings. The first-order valence-electron chi connectivity index (χ1n) is 6.11. The van der Waals surface area contributed by atoms with Crippen LogP contribution < -0.4 is 5.32 Å². The summed E-state index contributed by atoms with van der Waals surface area (Å²) >= 11 is 3.08. The van der Waals surface area contributed by atoms with Crippen LogP contribution in [0.4, 0.5) is 11.6 Å². The van der Waals surface area contributed by atoms with Gasteiger partial charge in [0.15, 0.2) is 0 Å². The minimum Gasteiger partial charge on any atom is -0.338 e. The van der Waals surface area contributed by atoms with Gasteiger partial charge in [-0.1, -0.05) is 25.1 Å². The van der Waals surface area contributed by atoms with Crippen LogP contribution >= 0.6 is 15.9 Å². The lowest BCUT2D eigenvalue weighted by molar-refractivity contribution is -0.385. The molecule has 21 heavy (non-hydrogen) atoms. The number of carbonyl (C=O) groups is 1. The fourth-order valence-electron chi connectivity index (χ4n) is 1.64. The van der Waals surface area contributed by atoms with Crippen LogP contribution in [0.3, 0.4) is 0 Å². The molecular weight excluding hydrogens is 342 g/mol. The topological polar surface area (TPSA) is 98.3 Å². The van der Waals surface area contributed by atoms with Crippen molar-refractivity contribution in [2.45, 2.75) is 19.8 Å². The second-order valence-electron chi connectivity index (χ2n) is 4.62. The van der Waals surface area contributed by atoms with Crippen molar-refractivity contribution in [2.24, 2.45) is 0 Å². The van der Waals surface area contributed by atoms with E-state index in [0.29, 0.717) is 5.69 Å². The molecule has 0 radical (unpaired) electrons. The number of hydrogen-bond acceptors (Lipinski definition) is 5. The van der Waals surface area contributed by atoms with Crippen molar-refractivity contribution in [1.82, 2.24) is 5.16 Å². The maximum Gasteiger partial charge on any atom is 0.284 e. The molecule has 1 amide bonds. The Kier molecular flexibility index (Phi) is 4.37. The minimum atomic E-state index is -0.563. The molecule has 2 rings (SSSR count). The second-order valence-corrected chi connectivity index (χ2v) is 5.41. The van der Waals surface area contributed by atoms with Crippen LogP contribution in [-0.4, -0.2) is 16.0 Å². The van der Waals surface area contributed by atoms with Crippen molar-refractivity contribution in [3.8, 4) is 0 Å². The number of amides is 1. The molecule has 1 heterocycles. The van der Waals surface area contributed by atoms with Gasteiger partial charge in [-0.3, -0.25) is 20.2 Å². The molecule has 0 aliphatic heterocycles. The Bertz CT molecular complexity index is 696. The summed E-state index contributed by atoms with van der Waals surface area (Å²) in [7, 11) is 0. The molecule has 8 heteroatoms. The van der Waals surface area contributed by atoms with E-state index in [1.54, 1.807) is 6.07 Å². The summed E-state index contributed by atoms with van der Waals surface area (Å²) in [5.41, 5.74) is 0.679. The van der Waals surface area contributed by atoms with E-state index in [1.165, 1.54) is 18.2 Å². The molecule has 1 N–H and O–H groups in total. The Morgan fingerprint density at radius 2 is 2.19 bits per heavy atom. The molecule has 0 saturated heterocycles. The number of rotatable bonds is 4. The summed E-state index contributed by atoms with van der Waals surface area (Å²) in [5, 5.41) is 17.2. The number of carbonyl (C=O) groups excluding carboxylic acids is 1. The van der Waals surface area contributed by atoms with Gasteiger partial charge < -0.3 is 4.52 Å². The van der Waals surface area contributed by atoms with E-state index in [2.05, 4.69) is 26.4 Å². The van der Waals surface area contributed by atoms with Gasteiger partial charge in [-0.05, 0) is 27.9 Å². The molecule has 0 atom stereocenters. The highest BCUT2D eigenvalue weighted by molar-refractivity contribution is 9.10. The highest BCUT2D eigenvalue weighted by atomic mass is 79.9. The van der Waals surface area contributed by atoms with Crippen molar-refractivity contribution in [2.75, 3.05) is 5.32 Å². The van der Waals surface area contributed by atoms with Gasteiger partial charge in [0.05, 0.1) is 16.2 Å². The Morgan fingerprint density at radius 1 is 1.48 bits per heavy atom. The van der Waals surface area contributed by atoms with E-state index in [-0.39, 0.29) is 27.5 Å². The number of nitro benzene ring substituents is 1. The van der Waals surface area contributed by atoms with E-state index < -0.39 is 10.8 Å². The van der Waals surface area contributed by atoms with E-state index >= 15 is 0 Å². The van der Waals surface area contributed by atoms with Crippen LogP contribution in [0.2, 0.25) is 0 Å². The molecule has 2 aromatic rings. The minimum absolute atomic E-state index is 0.121. The normalized spacial score (nSPS) is 10.7. The van der Waals surface area contributed by atoms with Gasteiger partial charge in [-0.15, -0.1) is 0 Å². The lowest BCUT2D eigenvalue weighted by atomic mass is 10.1. The summed E-state index contributed by atoms with van der Waals surface area (Å²) in [6, 6.07) is 5.85. The van der Waals surface area contributed by atoms with E-state index in [9.17, 15) is 14.9 Å². The third-order valence-electron chi connectivity index (χ3n) is 2.78. The number of anilines is 1. The first-order chi connectivity index (χ1) is 9.90. The third kappa shape index (κ3) is 3.27. The molecule has 110 valence electrons. The van der Waals surface area contributed by atoms with Gasteiger partial charge in [0, 0.05) is 12.1 Å². The molecule has 1 aromatic heterocycles. The maximum absolute atomic E-state index is 12.1. The van der Waals surface area contributed by atoms with Gasteiger partial charge in [0.1, 0.15) is 4.47 Å². The van der Waals surface area contributed by atoms with Crippen molar-refractivity contribution in [3.05, 3.63) is 50.1 Å². The third-order valence-corrected chi connectivity index (χ3v) is 3.61. The van der Waals surface area contributed by atoms with E-state index in [0.717, 1.165) is 0 Å². The molecular formula is C13H12BrN3O4. The molecule has 0 unspecified atom stereocenters. The molecule has 0 aliphatic carbocycles.